The number of nitrogens with one attached hydrogen (secondary N) is 1. The summed E-state index contributed by atoms with van der Waals surface area (Å²) in [6.07, 6.45) is 4.45. The molecule has 1 N–H and O–H groups in total. The fourth-order valence-corrected chi connectivity index (χ4v) is 5.50. The second-order valence-corrected chi connectivity index (χ2v) is 9.69. The van der Waals surface area contributed by atoms with Gasteiger partial charge in [0.25, 0.3) is 5.91 Å². The Bertz CT molecular complexity index is 1400. The first-order valence-electron chi connectivity index (χ1n) is 10.9. The van der Waals surface area contributed by atoms with Crippen molar-refractivity contribution in [3.05, 3.63) is 83.7 Å². The predicted molar refractivity (Wildman–Crippen MR) is 134 cm³/mol. The van der Waals surface area contributed by atoms with Gasteiger partial charge in [0.2, 0.25) is 0 Å². The average molecular weight is 457 g/mol. The van der Waals surface area contributed by atoms with Crippen LogP contribution in [-0.4, -0.2) is 32.4 Å². The normalized spacial score (nSPS) is 15.7. The van der Waals surface area contributed by atoms with Crippen molar-refractivity contribution in [3.8, 4) is 11.3 Å². The van der Waals surface area contributed by atoms with Crippen LogP contribution in [-0.2, 0) is 11.0 Å². The molecule has 166 valence electrons. The SMILES string of the molecule is Cc1cc(N2CCCS2=O)ccc1C(=O)Nc1ccc(C)c(-c2nccc3ncccc23)c1. The molecular formula is C26H24N4O2S. The lowest BCUT2D eigenvalue weighted by Gasteiger charge is -2.18. The van der Waals surface area contributed by atoms with Gasteiger partial charge in [0.05, 0.1) is 11.2 Å². The van der Waals surface area contributed by atoms with Crippen LogP contribution in [0, 0.1) is 13.8 Å². The number of carbonyl (C=O) groups excluding carboxylic acids is 1. The van der Waals surface area contributed by atoms with Crippen molar-refractivity contribution in [1.29, 1.82) is 0 Å². The lowest BCUT2D eigenvalue weighted by molar-refractivity contribution is 0.102. The van der Waals surface area contributed by atoms with Crippen LogP contribution in [0.3, 0.4) is 0 Å². The maximum Gasteiger partial charge on any atom is 0.255 e. The number of amides is 1. The molecule has 33 heavy (non-hydrogen) atoms. The molecule has 4 aromatic rings. The van der Waals surface area contributed by atoms with Gasteiger partial charge >= 0.3 is 0 Å². The molecule has 2 aromatic heterocycles. The topological polar surface area (TPSA) is 75.2 Å². The minimum absolute atomic E-state index is 0.177. The summed E-state index contributed by atoms with van der Waals surface area (Å²) >= 11 is 0. The molecule has 0 bridgehead atoms. The van der Waals surface area contributed by atoms with E-state index in [4.69, 9.17) is 0 Å². The van der Waals surface area contributed by atoms with E-state index in [-0.39, 0.29) is 5.91 Å². The molecule has 5 rings (SSSR count). The van der Waals surface area contributed by atoms with Crippen LogP contribution in [0.5, 0.6) is 0 Å². The standard InChI is InChI=1S/C26H24N4O2S/c1-17-6-7-19(16-23(17)25-22-5-3-11-27-24(22)10-12-28-25)29-26(31)21-9-8-20(15-18(21)2)30-13-4-14-33(30)32/h3,5-12,15-16H,4,13-14H2,1-2H3,(H,29,31). The lowest BCUT2D eigenvalue weighted by atomic mass is 10.0. The highest BCUT2D eigenvalue weighted by molar-refractivity contribution is 7.86. The van der Waals surface area contributed by atoms with Crippen molar-refractivity contribution in [3.63, 3.8) is 0 Å². The van der Waals surface area contributed by atoms with E-state index in [0.29, 0.717) is 17.0 Å². The van der Waals surface area contributed by atoms with Crippen molar-refractivity contribution in [2.45, 2.75) is 20.3 Å². The van der Waals surface area contributed by atoms with E-state index >= 15 is 0 Å². The van der Waals surface area contributed by atoms with Crippen LogP contribution >= 0.6 is 0 Å². The van der Waals surface area contributed by atoms with E-state index in [1.54, 1.807) is 12.4 Å². The Hall–Kier alpha value is -3.58. The van der Waals surface area contributed by atoms with Gasteiger partial charge in [0, 0.05) is 52.6 Å². The fourth-order valence-electron chi connectivity index (χ4n) is 4.22. The smallest absolute Gasteiger partial charge is 0.255 e. The molecule has 0 aliphatic carbocycles. The molecular weight excluding hydrogens is 432 g/mol. The monoisotopic (exact) mass is 456 g/mol. The number of aryl methyl sites for hydroxylation is 2. The molecule has 3 heterocycles. The van der Waals surface area contributed by atoms with Crippen molar-refractivity contribution >= 4 is 39.2 Å². The van der Waals surface area contributed by atoms with E-state index in [2.05, 4.69) is 15.3 Å². The number of nitrogens with zero attached hydrogens (tertiary/aromatic N) is 3. The number of hydrogen-bond acceptors (Lipinski definition) is 4. The first-order valence-corrected chi connectivity index (χ1v) is 12.2. The summed E-state index contributed by atoms with van der Waals surface area (Å²) in [5, 5.41) is 4.00. The van der Waals surface area contributed by atoms with Gasteiger partial charge in [-0.25, -0.2) is 4.21 Å². The molecule has 7 heteroatoms. The summed E-state index contributed by atoms with van der Waals surface area (Å²) in [6.45, 7) is 4.72. The lowest BCUT2D eigenvalue weighted by Crippen LogP contribution is -2.20. The summed E-state index contributed by atoms with van der Waals surface area (Å²) in [4.78, 5) is 22.1. The van der Waals surface area contributed by atoms with Crippen LogP contribution < -0.4 is 9.62 Å². The third-order valence-electron chi connectivity index (χ3n) is 5.95. The summed E-state index contributed by atoms with van der Waals surface area (Å²) in [5.41, 5.74) is 6.78. The van der Waals surface area contributed by atoms with Gasteiger partial charge in [-0.1, -0.05) is 6.07 Å². The largest absolute Gasteiger partial charge is 0.322 e. The van der Waals surface area contributed by atoms with Gasteiger partial charge < -0.3 is 5.32 Å². The Morgan fingerprint density at radius 3 is 2.67 bits per heavy atom. The summed E-state index contributed by atoms with van der Waals surface area (Å²) in [7, 11) is -0.980. The van der Waals surface area contributed by atoms with Gasteiger partial charge in [-0.3, -0.25) is 19.1 Å². The highest BCUT2D eigenvalue weighted by Crippen LogP contribution is 2.31. The molecule has 1 amide bonds. The zero-order chi connectivity index (χ0) is 22.9. The minimum atomic E-state index is -0.980. The second kappa shape index (κ2) is 8.75. The summed E-state index contributed by atoms with van der Waals surface area (Å²) in [5.74, 6) is 0.516. The highest BCUT2D eigenvalue weighted by atomic mass is 32.2. The zero-order valence-corrected chi connectivity index (χ0v) is 19.4. The molecule has 0 spiro atoms. The van der Waals surface area contributed by atoms with E-state index in [1.165, 1.54) is 0 Å². The average Bonchev–Trinajstić information content (AvgIpc) is 3.25. The fraction of sp³-hybridized carbons (Fsp3) is 0.192. The number of hydrogen-bond donors (Lipinski definition) is 1. The zero-order valence-electron chi connectivity index (χ0n) is 18.5. The molecule has 1 atom stereocenters. The number of carbonyl (C=O) groups is 1. The van der Waals surface area contributed by atoms with E-state index in [1.807, 2.05) is 72.7 Å². The Labute approximate surface area is 195 Å². The number of fused-ring (bicyclic) bond motifs is 1. The van der Waals surface area contributed by atoms with Gasteiger partial charge in [-0.15, -0.1) is 0 Å². The summed E-state index contributed by atoms with van der Waals surface area (Å²) < 4.78 is 14.0. The van der Waals surface area contributed by atoms with Crippen LogP contribution in [0.2, 0.25) is 0 Å². The van der Waals surface area contributed by atoms with Gasteiger partial charge in [-0.2, -0.15) is 0 Å². The predicted octanol–water partition coefficient (Wildman–Crippen LogP) is 5.04. The maximum absolute atomic E-state index is 13.1. The molecule has 1 aliphatic heterocycles. The Balaban J connectivity index is 1.43. The van der Waals surface area contributed by atoms with E-state index in [0.717, 1.165) is 51.9 Å². The van der Waals surface area contributed by atoms with E-state index in [9.17, 15) is 9.00 Å². The number of rotatable bonds is 4. The number of anilines is 2. The molecule has 1 fully saturated rings. The van der Waals surface area contributed by atoms with Crippen molar-refractivity contribution in [2.75, 3.05) is 21.9 Å². The second-order valence-electron chi connectivity index (χ2n) is 8.19. The van der Waals surface area contributed by atoms with Crippen molar-refractivity contribution in [2.24, 2.45) is 0 Å². The minimum Gasteiger partial charge on any atom is -0.322 e. The third-order valence-corrected chi connectivity index (χ3v) is 7.47. The summed E-state index contributed by atoms with van der Waals surface area (Å²) in [6, 6.07) is 17.3. The maximum atomic E-state index is 13.1. The molecule has 6 nitrogen and oxygen atoms in total. The quantitative estimate of drug-likeness (QED) is 0.467. The molecule has 1 unspecified atom stereocenters. The van der Waals surface area contributed by atoms with Crippen molar-refractivity contribution < 1.29 is 9.00 Å². The molecule has 0 radical (unpaired) electrons. The van der Waals surface area contributed by atoms with Crippen LogP contribution in [0.15, 0.2) is 67.0 Å². The van der Waals surface area contributed by atoms with E-state index < -0.39 is 11.0 Å². The first kappa shape index (κ1) is 21.3. The van der Waals surface area contributed by atoms with Crippen LogP contribution in [0.4, 0.5) is 11.4 Å². The van der Waals surface area contributed by atoms with Crippen LogP contribution in [0.25, 0.3) is 22.2 Å². The molecule has 0 saturated carbocycles. The third kappa shape index (κ3) is 4.12. The first-order chi connectivity index (χ1) is 16.0. The van der Waals surface area contributed by atoms with Gasteiger partial charge in [-0.05, 0) is 79.9 Å². The number of benzene rings is 2. The Morgan fingerprint density at radius 2 is 1.88 bits per heavy atom. The molecule has 1 saturated heterocycles. The molecule has 2 aromatic carbocycles. The highest BCUT2D eigenvalue weighted by Gasteiger charge is 2.21. The van der Waals surface area contributed by atoms with Gasteiger partial charge in [0.15, 0.2) is 0 Å². The van der Waals surface area contributed by atoms with Crippen LogP contribution in [0.1, 0.15) is 27.9 Å². The molecule has 1 aliphatic rings. The van der Waals surface area contributed by atoms with Crippen molar-refractivity contribution in [1.82, 2.24) is 9.97 Å². The number of pyridine rings is 2. The Morgan fingerprint density at radius 1 is 1.00 bits per heavy atom. The number of aromatic nitrogens is 2. The van der Waals surface area contributed by atoms with Gasteiger partial charge in [0.1, 0.15) is 11.0 Å². The Kier molecular flexibility index (Phi) is 5.64.